The van der Waals surface area contributed by atoms with Crippen molar-refractivity contribution in [2.24, 2.45) is 0 Å². The third kappa shape index (κ3) is 3.96. The molecule has 9 heteroatoms. The van der Waals surface area contributed by atoms with Gasteiger partial charge in [-0.05, 0) is 31.2 Å². The molecule has 0 aromatic carbocycles. The Morgan fingerprint density at radius 1 is 1.08 bits per heavy atom. The van der Waals surface area contributed by atoms with Crippen molar-refractivity contribution in [2.75, 3.05) is 16.5 Å². The maximum absolute atomic E-state index is 12.0. The number of carbonyl (C=O) groups excluding carboxylic acids is 1. The van der Waals surface area contributed by atoms with Crippen molar-refractivity contribution in [3.63, 3.8) is 0 Å². The van der Waals surface area contributed by atoms with Crippen LogP contribution >= 0.6 is 0 Å². The first kappa shape index (κ1) is 16.1. The van der Waals surface area contributed by atoms with Gasteiger partial charge in [-0.25, -0.2) is 15.0 Å². The quantitative estimate of drug-likeness (QED) is 0.517. The highest BCUT2D eigenvalue weighted by atomic mass is 16.2. The van der Waals surface area contributed by atoms with E-state index in [1.54, 1.807) is 18.2 Å². The maximum Gasteiger partial charge on any atom is 0.269 e. The Morgan fingerprint density at radius 2 is 1.84 bits per heavy atom. The summed E-state index contributed by atoms with van der Waals surface area (Å²) in [6, 6.07) is 8.74. The zero-order chi connectivity index (χ0) is 17.6. The van der Waals surface area contributed by atoms with E-state index < -0.39 is 0 Å². The minimum atomic E-state index is -0.338. The molecule has 9 nitrogen and oxygen atoms in total. The van der Waals surface area contributed by atoms with E-state index in [2.05, 4.69) is 36.1 Å². The minimum Gasteiger partial charge on any atom is -0.393 e. The molecule has 5 N–H and O–H groups in total. The van der Waals surface area contributed by atoms with Crippen molar-refractivity contribution in [3.05, 3.63) is 60.3 Å². The van der Waals surface area contributed by atoms with Crippen LogP contribution in [0.3, 0.4) is 0 Å². The van der Waals surface area contributed by atoms with E-state index in [1.807, 2.05) is 19.1 Å². The fraction of sp³-hybridized carbons (Fsp3) is 0.0625. The molecule has 0 atom stereocenters. The Bertz CT molecular complexity index is 884. The first-order chi connectivity index (χ1) is 12.1. The van der Waals surface area contributed by atoms with E-state index in [0.717, 1.165) is 5.69 Å². The summed E-state index contributed by atoms with van der Waals surface area (Å²) in [7, 11) is 0. The van der Waals surface area contributed by atoms with Gasteiger partial charge in [0.15, 0.2) is 11.6 Å². The molecule has 3 rings (SSSR count). The molecular formula is C16H16N8O. The number of aryl methyl sites for hydroxylation is 1. The van der Waals surface area contributed by atoms with E-state index in [0.29, 0.717) is 17.2 Å². The van der Waals surface area contributed by atoms with E-state index in [1.165, 1.54) is 18.7 Å². The molecule has 0 saturated heterocycles. The van der Waals surface area contributed by atoms with Crippen LogP contribution in [0.2, 0.25) is 0 Å². The van der Waals surface area contributed by atoms with Gasteiger partial charge in [0.1, 0.15) is 17.8 Å². The average molecular weight is 336 g/mol. The Kier molecular flexibility index (Phi) is 4.65. The summed E-state index contributed by atoms with van der Waals surface area (Å²) in [6.45, 7) is 1.89. The van der Waals surface area contributed by atoms with E-state index in [9.17, 15) is 4.79 Å². The lowest BCUT2D eigenvalue weighted by atomic mass is 10.3. The Balaban J connectivity index is 1.72. The van der Waals surface area contributed by atoms with Gasteiger partial charge >= 0.3 is 0 Å². The summed E-state index contributed by atoms with van der Waals surface area (Å²) >= 11 is 0. The summed E-state index contributed by atoms with van der Waals surface area (Å²) < 4.78 is 0. The molecule has 0 aliphatic rings. The average Bonchev–Trinajstić information content (AvgIpc) is 2.63. The highest BCUT2D eigenvalue weighted by molar-refractivity contribution is 5.95. The number of carbonyl (C=O) groups is 1. The van der Waals surface area contributed by atoms with Crippen LogP contribution < -0.4 is 21.9 Å². The van der Waals surface area contributed by atoms with Crippen LogP contribution in [0.5, 0.6) is 0 Å². The van der Waals surface area contributed by atoms with Gasteiger partial charge in [0.25, 0.3) is 5.91 Å². The zero-order valence-corrected chi connectivity index (χ0v) is 13.4. The molecular weight excluding hydrogens is 320 g/mol. The number of nitrogens with one attached hydrogen (secondary N) is 3. The zero-order valence-electron chi connectivity index (χ0n) is 13.4. The third-order valence-electron chi connectivity index (χ3n) is 3.26. The number of nitrogen functional groups attached to an aromatic ring is 1. The van der Waals surface area contributed by atoms with E-state index >= 15 is 0 Å². The van der Waals surface area contributed by atoms with Gasteiger partial charge in [-0.3, -0.25) is 20.6 Å². The SMILES string of the molecule is Cc1cccc(Nc2ncnc(NNC(=O)c3ccncc3)c2N)n1. The number of nitrogens with two attached hydrogens (primary N) is 1. The molecule has 126 valence electrons. The van der Waals surface area contributed by atoms with Crippen molar-refractivity contribution >= 4 is 29.0 Å². The van der Waals surface area contributed by atoms with Crippen LogP contribution in [0.15, 0.2) is 49.1 Å². The Hall–Kier alpha value is -3.75. The fourth-order valence-corrected chi connectivity index (χ4v) is 2.02. The van der Waals surface area contributed by atoms with E-state index in [4.69, 9.17) is 5.73 Å². The molecule has 1 amide bonds. The predicted molar refractivity (Wildman–Crippen MR) is 94.0 cm³/mol. The number of hydrogen-bond acceptors (Lipinski definition) is 8. The molecule has 3 heterocycles. The lowest BCUT2D eigenvalue weighted by Crippen LogP contribution is -2.30. The van der Waals surface area contributed by atoms with Gasteiger partial charge in [-0.2, -0.15) is 0 Å². The molecule has 0 aliphatic heterocycles. The van der Waals surface area contributed by atoms with Crippen LogP contribution in [0.1, 0.15) is 16.1 Å². The van der Waals surface area contributed by atoms with Gasteiger partial charge in [0, 0.05) is 23.7 Å². The number of hydrogen-bond donors (Lipinski definition) is 4. The second-order valence-corrected chi connectivity index (χ2v) is 5.09. The van der Waals surface area contributed by atoms with Crippen molar-refractivity contribution in [2.45, 2.75) is 6.92 Å². The molecule has 0 unspecified atom stereocenters. The number of pyridine rings is 2. The van der Waals surface area contributed by atoms with Gasteiger partial charge in [0.05, 0.1) is 0 Å². The van der Waals surface area contributed by atoms with Crippen LogP contribution in [-0.2, 0) is 0 Å². The number of nitrogens with zero attached hydrogens (tertiary/aromatic N) is 4. The number of aromatic nitrogens is 4. The van der Waals surface area contributed by atoms with Crippen LogP contribution in [0.25, 0.3) is 0 Å². The molecule has 0 radical (unpaired) electrons. The summed E-state index contributed by atoms with van der Waals surface area (Å²) in [6.07, 6.45) is 4.39. The smallest absolute Gasteiger partial charge is 0.269 e. The summed E-state index contributed by atoms with van der Waals surface area (Å²) in [4.78, 5) is 28.4. The minimum absolute atomic E-state index is 0.251. The van der Waals surface area contributed by atoms with Gasteiger partial charge in [-0.1, -0.05) is 6.07 Å². The summed E-state index contributed by atoms with van der Waals surface area (Å²) in [5, 5.41) is 3.02. The first-order valence-corrected chi connectivity index (χ1v) is 7.41. The molecule has 0 aliphatic carbocycles. The summed E-state index contributed by atoms with van der Waals surface area (Å²) in [5.74, 6) is 0.925. The highest BCUT2D eigenvalue weighted by Crippen LogP contribution is 2.24. The van der Waals surface area contributed by atoms with Crippen LogP contribution in [-0.4, -0.2) is 25.8 Å². The van der Waals surface area contributed by atoms with Crippen molar-refractivity contribution in [1.29, 1.82) is 0 Å². The molecule has 0 fully saturated rings. The van der Waals surface area contributed by atoms with Crippen molar-refractivity contribution in [1.82, 2.24) is 25.4 Å². The number of hydrazine groups is 1. The number of rotatable bonds is 5. The molecule has 0 spiro atoms. The standard InChI is InChI=1S/C16H16N8O/c1-10-3-2-4-12(21-10)22-14-13(17)15(20-9-19-14)23-24-16(25)11-5-7-18-8-6-11/h2-9H,17H2,1H3,(H,24,25)(H2,19,20,21,22,23). The van der Waals surface area contributed by atoms with E-state index in [-0.39, 0.29) is 17.4 Å². The van der Waals surface area contributed by atoms with Gasteiger partial charge < -0.3 is 11.1 Å². The Morgan fingerprint density at radius 3 is 2.60 bits per heavy atom. The highest BCUT2D eigenvalue weighted by Gasteiger charge is 2.10. The third-order valence-corrected chi connectivity index (χ3v) is 3.26. The topological polar surface area (TPSA) is 131 Å². The lowest BCUT2D eigenvalue weighted by Gasteiger charge is -2.13. The van der Waals surface area contributed by atoms with Gasteiger partial charge in [0.2, 0.25) is 0 Å². The Labute approximate surface area is 143 Å². The van der Waals surface area contributed by atoms with Crippen molar-refractivity contribution < 1.29 is 4.79 Å². The monoisotopic (exact) mass is 336 g/mol. The van der Waals surface area contributed by atoms with Crippen molar-refractivity contribution in [3.8, 4) is 0 Å². The largest absolute Gasteiger partial charge is 0.393 e. The molecule has 0 bridgehead atoms. The first-order valence-electron chi connectivity index (χ1n) is 7.41. The molecule has 25 heavy (non-hydrogen) atoms. The number of amides is 1. The predicted octanol–water partition coefficient (Wildman–Crippen LogP) is 1.66. The second kappa shape index (κ2) is 7.21. The molecule has 0 saturated carbocycles. The summed E-state index contributed by atoms with van der Waals surface area (Å²) in [5.41, 5.74) is 12.8. The normalized spacial score (nSPS) is 10.1. The van der Waals surface area contributed by atoms with Gasteiger partial charge in [-0.15, -0.1) is 0 Å². The maximum atomic E-state index is 12.0. The fourth-order valence-electron chi connectivity index (χ4n) is 2.02. The molecule has 3 aromatic heterocycles. The second-order valence-electron chi connectivity index (χ2n) is 5.09. The van der Waals surface area contributed by atoms with Crippen LogP contribution in [0, 0.1) is 6.92 Å². The lowest BCUT2D eigenvalue weighted by molar-refractivity contribution is 0.0962. The number of anilines is 4. The van der Waals surface area contributed by atoms with Crippen LogP contribution in [0.4, 0.5) is 23.1 Å². The molecule has 3 aromatic rings.